The fourth-order valence-electron chi connectivity index (χ4n) is 2.81. The Labute approximate surface area is 131 Å². The zero-order chi connectivity index (χ0) is 15.4. The Morgan fingerprint density at radius 2 is 1.64 bits per heavy atom. The molecule has 2 atom stereocenters. The average Bonchev–Trinajstić information content (AvgIpc) is 2.70. The highest BCUT2D eigenvalue weighted by atomic mass is 16.2. The highest BCUT2D eigenvalue weighted by molar-refractivity contribution is 5.83. The number of hydrogen-bond donors (Lipinski definition) is 1. The third-order valence-electron chi connectivity index (χ3n) is 3.98. The third kappa shape index (κ3) is 3.10. The summed E-state index contributed by atoms with van der Waals surface area (Å²) < 4.78 is 0. The van der Waals surface area contributed by atoms with Crippen LogP contribution in [0.1, 0.15) is 23.6 Å². The van der Waals surface area contributed by atoms with Crippen molar-refractivity contribution in [1.82, 2.24) is 4.90 Å². The van der Waals surface area contributed by atoms with E-state index in [9.17, 15) is 4.79 Å². The summed E-state index contributed by atoms with van der Waals surface area (Å²) in [5, 5.41) is 0. The van der Waals surface area contributed by atoms with Crippen LogP contribution in [0.3, 0.4) is 0 Å². The number of carbonyl (C=O) groups is 1. The Morgan fingerprint density at radius 1 is 1.00 bits per heavy atom. The van der Waals surface area contributed by atoms with Gasteiger partial charge in [-0.3, -0.25) is 4.79 Å². The molecule has 0 aliphatic carbocycles. The molecule has 1 amide bonds. The SMILES string of the molecule is N[C@H]1CC=C[C@@H](c2ccccc2)N(Cc2ccccc2)C1=O. The zero-order valence-electron chi connectivity index (χ0n) is 12.4. The topological polar surface area (TPSA) is 46.3 Å². The first-order valence-corrected chi connectivity index (χ1v) is 7.57. The van der Waals surface area contributed by atoms with E-state index in [4.69, 9.17) is 5.73 Å². The molecule has 0 radical (unpaired) electrons. The third-order valence-corrected chi connectivity index (χ3v) is 3.98. The van der Waals surface area contributed by atoms with Crippen molar-refractivity contribution in [1.29, 1.82) is 0 Å². The molecule has 112 valence electrons. The van der Waals surface area contributed by atoms with Gasteiger partial charge in [0, 0.05) is 6.54 Å². The van der Waals surface area contributed by atoms with Crippen molar-refractivity contribution >= 4 is 5.91 Å². The van der Waals surface area contributed by atoms with Crippen LogP contribution in [0, 0.1) is 0 Å². The monoisotopic (exact) mass is 292 g/mol. The molecule has 0 saturated carbocycles. The lowest BCUT2D eigenvalue weighted by Gasteiger charge is -2.30. The standard InChI is InChI=1S/C19H20N2O/c20-17-12-7-13-18(16-10-5-2-6-11-16)21(19(17)22)14-15-8-3-1-4-9-15/h1-11,13,17-18H,12,14,20H2/t17-,18-/m0/s1. The van der Waals surface area contributed by atoms with Gasteiger partial charge in [0.25, 0.3) is 0 Å². The summed E-state index contributed by atoms with van der Waals surface area (Å²) in [7, 11) is 0. The molecule has 0 saturated heterocycles. The smallest absolute Gasteiger partial charge is 0.240 e. The van der Waals surface area contributed by atoms with Crippen molar-refractivity contribution in [2.45, 2.75) is 25.0 Å². The summed E-state index contributed by atoms with van der Waals surface area (Å²) >= 11 is 0. The van der Waals surface area contributed by atoms with Gasteiger partial charge < -0.3 is 10.6 Å². The minimum atomic E-state index is -0.464. The summed E-state index contributed by atoms with van der Waals surface area (Å²) in [6.45, 7) is 0.567. The van der Waals surface area contributed by atoms with Crippen LogP contribution < -0.4 is 5.73 Å². The summed E-state index contributed by atoms with van der Waals surface area (Å²) in [4.78, 5) is 14.6. The number of hydrogen-bond acceptors (Lipinski definition) is 2. The average molecular weight is 292 g/mol. The van der Waals surface area contributed by atoms with E-state index in [1.807, 2.05) is 59.5 Å². The second-order valence-corrected chi connectivity index (χ2v) is 5.58. The van der Waals surface area contributed by atoms with Crippen molar-refractivity contribution in [3.05, 3.63) is 83.9 Å². The molecule has 0 spiro atoms. The van der Waals surface area contributed by atoms with Gasteiger partial charge in [0.15, 0.2) is 0 Å². The van der Waals surface area contributed by atoms with Crippen LogP contribution in [0.25, 0.3) is 0 Å². The molecule has 0 bridgehead atoms. The summed E-state index contributed by atoms with van der Waals surface area (Å²) in [6, 6.07) is 19.6. The molecular weight excluding hydrogens is 272 g/mol. The van der Waals surface area contributed by atoms with E-state index in [-0.39, 0.29) is 11.9 Å². The minimum absolute atomic E-state index is 0.00251. The Morgan fingerprint density at radius 3 is 2.32 bits per heavy atom. The van der Waals surface area contributed by atoms with E-state index in [2.05, 4.69) is 18.2 Å². The largest absolute Gasteiger partial charge is 0.326 e. The minimum Gasteiger partial charge on any atom is -0.326 e. The second-order valence-electron chi connectivity index (χ2n) is 5.58. The van der Waals surface area contributed by atoms with Crippen molar-refractivity contribution in [3.8, 4) is 0 Å². The number of rotatable bonds is 3. The van der Waals surface area contributed by atoms with Gasteiger partial charge in [-0.2, -0.15) is 0 Å². The van der Waals surface area contributed by atoms with E-state index in [0.717, 1.165) is 11.1 Å². The van der Waals surface area contributed by atoms with E-state index in [1.54, 1.807) is 0 Å². The fraction of sp³-hybridized carbons (Fsp3) is 0.211. The lowest BCUT2D eigenvalue weighted by atomic mass is 10.0. The van der Waals surface area contributed by atoms with Crippen LogP contribution in [0.2, 0.25) is 0 Å². The molecule has 0 aromatic heterocycles. The van der Waals surface area contributed by atoms with Gasteiger partial charge in [-0.15, -0.1) is 0 Å². The quantitative estimate of drug-likeness (QED) is 0.884. The first-order chi connectivity index (χ1) is 10.8. The number of carbonyl (C=O) groups excluding carboxylic acids is 1. The van der Waals surface area contributed by atoms with Gasteiger partial charge in [0.2, 0.25) is 5.91 Å². The molecular formula is C19H20N2O. The molecule has 1 aliphatic rings. The Balaban J connectivity index is 1.95. The molecule has 0 unspecified atom stereocenters. The summed E-state index contributed by atoms with van der Waals surface area (Å²) in [5.41, 5.74) is 8.24. The predicted molar refractivity (Wildman–Crippen MR) is 87.9 cm³/mol. The number of amides is 1. The molecule has 2 N–H and O–H groups in total. The normalized spacial score (nSPS) is 21.7. The van der Waals surface area contributed by atoms with Crippen LogP contribution in [0.4, 0.5) is 0 Å². The van der Waals surface area contributed by atoms with Gasteiger partial charge in [-0.25, -0.2) is 0 Å². The van der Waals surface area contributed by atoms with E-state index >= 15 is 0 Å². The number of benzene rings is 2. The van der Waals surface area contributed by atoms with E-state index in [1.165, 1.54) is 0 Å². The summed E-state index contributed by atoms with van der Waals surface area (Å²) in [6.07, 6.45) is 4.70. The highest BCUT2D eigenvalue weighted by Gasteiger charge is 2.29. The van der Waals surface area contributed by atoms with Crippen LogP contribution in [0.15, 0.2) is 72.8 Å². The number of nitrogens with two attached hydrogens (primary N) is 1. The van der Waals surface area contributed by atoms with Crippen LogP contribution >= 0.6 is 0 Å². The van der Waals surface area contributed by atoms with E-state index < -0.39 is 6.04 Å². The second kappa shape index (κ2) is 6.58. The maximum atomic E-state index is 12.7. The molecule has 2 aromatic carbocycles. The molecule has 1 aliphatic heterocycles. The van der Waals surface area contributed by atoms with Crippen LogP contribution in [0.5, 0.6) is 0 Å². The maximum absolute atomic E-state index is 12.7. The Hall–Kier alpha value is -2.39. The van der Waals surface area contributed by atoms with Gasteiger partial charge >= 0.3 is 0 Å². The first-order valence-electron chi connectivity index (χ1n) is 7.57. The maximum Gasteiger partial charge on any atom is 0.240 e. The molecule has 3 heteroatoms. The predicted octanol–water partition coefficient (Wildman–Crippen LogP) is 3.04. The number of nitrogens with zero attached hydrogens (tertiary/aromatic N) is 1. The molecule has 3 rings (SSSR count). The van der Waals surface area contributed by atoms with Crippen molar-refractivity contribution in [3.63, 3.8) is 0 Å². The molecule has 1 heterocycles. The van der Waals surface area contributed by atoms with Crippen LogP contribution in [-0.4, -0.2) is 16.8 Å². The van der Waals surface area contributed by atoms with Gasteiger partial charge in [0.05, 0.1) is 12.1 Å². The van der Waals surface area contributed by atoms with Gasteiger partial charge in [-0.05, 0) is 17.5 Å². The molecule has 0 fully saturated rings. The van der Waals surface area contributed by atoms with Gasteiger partial charge in [0.1, 0.15) is 0 Å². The van der Waals surface area contributed by atoms with Gasteiger partial charge in [-0.1, -0.05) is 72.8 Å². The first kappa shape index (κ1) is 14.5. The fourth-order valence-corrected chi connectivity index (χ4v) is 2.81. The molecule has 22 heavy (non-hydrogen) atoms. The highest BCUT2D eigenvalue weighted by Crippen LogP contribution is 2.27. The molecule has 3 nitrogen and oxygen atoms in total. The zero-order valence-corrected chi connectivity index (χ0v) is 12.4. The lowest BCUT2D eigenvalue weighted by molar-refractivity contribution is -0.134. The van der Waals surface area contributed by atoms with Crippen LogP contribution in [-0.2, 0) is 11.3 Å². The van der Waals surface area contributed by atoms with Crippen molar-refractivity contribution in [2.24, 2.45) is 5.73 Å². The summed E-state index contributed by atoms with van der Waals surface area (Å²) in [5.74, 6) is 0.00251. The van der Waals surface area contributed by atoms with E-state index in [0.29, 0.717) is 13.0 Å². The Bertz CT molecular complexity index is 652. The molecule has 2 aromatic rings. The lowest BCUT2D eigenvalue weighted by Crippen LogP contribution is -2.43. The van der Waals surface area contributed by atoms with Crippen molar-refractivity contribution < 1.29 is 4.79 Å². The van der Waals surface area contributed by atoms with Crippen molar-refractivity contribution in [2.75, 3.05) is 0 Å². The Kier molecular flexibility index (Phi) is 4.35.